The van der Waals surface area contributed by atoms with Crippen LogP contribution in [0.4, 0.5) is 4.39 Å². The summed E-state index contributed by atoms with van der Waals surface area (Å²) < 4.78 is 16.4. The normalized spacial score (nSPS) is 11.5. The summed E-state index contributed by atoms with van der Waals surface area (Å²) in [5.41, 5.74) is 3.34. The molecular weight excluding hydrogens is 331 g/mol. The molecule has 0 amide bonds. The first-order chi connectivity index (χ1) is 12.6. The van der Waals surface area contributed by atoms with E-state index in [1.54, 1.807) is 35.3 Å². The molecule has 4 rings (SSSR count). The van der Waals surface area contributed by atoms with Gasteiger partial charge in [0.05, 0.1) is 11.4 Å². The Morgan fingerprint density at radius 1 is 1.08 bits per heavy atom. The Morgan fingerprint density at radius 2 is 1.88 bits per heavy atom. The number of hydrogen-bond donors (Lipinski definition) is 0. The molecule has 0 radical (unpaired) electrons. The van der Waals surface area contributed by atoms with Crippen LogP contribution in [0.25, 0.3) is 23.5 Å². The molecule has 6 heteroatoms. The number of fused-ring (bicyclic) bond motifs is 1. The fourth-order valence-corrected chi connectivity index (χ4v) is 2.86. The number of nitrogens with zero attached hydrogens (tertiary/aromatic N) is 4. The molecule has 0 aliphatic rings. The molecule has 0 atom stereocenters. The van der Waals surface area contributed by atoms with Gasteiger partial charge in [-0.3, -0.25) is 9.78 Å². The van der Waals surface area contributed by atoms with Crippen molar-refractivity contribution in [2.45, 2.75) is 6.92 Å². The van der Waals surface area contributed by atoms with E-state index in [2.05, 4.69) is 9.97 Å². The van der Waals surface area contributed by atoms with Crippen molar-refractivity contribution in [3.8, 4) is 5.69 Å². The van der Waals surface area contributed by atoms with Gasteiger partial charge in [0.25, 0.3) is 5.56 Å². The Bertz CT molecular complexity index is 1160. The van der Waals surface area contributed by atoms with Crippen molar-refractivity contribution in [2.75, 3.05) is 0 Å². The molecule has 0 unspecified atom stereocenters. The Labute approximate surface area is 148 Å². The molecule has 0 aliphatic heterocycles. The summed E-state index contributed by atoms with van der Waals surface area (Å²) in [4.78, 5) is 21.3. The number of pyridine rings is 1. The SMILES string of the molecule is Cc1cc2nc(C=Cc3cccnc3)cc(=O)n2n1-c1ccc(F)cc1. The number of rotatable bonds is 3. The molecule has 4 aromatic rings. The molecule has 0 spiro atoms. The highest BCUT2D eigenvalue weighted by Gasteiger charge is 2.11. The van der Waals surface area contributed by atoms with Gasteiger partial charge in [0.1, 0.15) is 5.82 Å². The first kappa shape index (κ1) is 16.0. The summed E-state index contributed by atoms with van der Waals surface area (Å²) in [6, 6.07) is 13.1. The number of halogens is 1. The maximum atomic E-state index is 13.2. The third-order valence-corrected chi connectivity index (χ3v) is 4.01. The highest BCUT2D eigenvalue weighted by molar-refractivity contribution is 5.68. The van der Waals surface area contributed by atoms with Gasteiger partial charge in [-0.25, -0.2) is 14.1 Å². The van der Waals surface area contributed by atoms with Crippen molar-refractivity contribution in [2.24, 2.45) is 0 Å². The van der Waals surface area contributed by atoms with Crippen molar-refractivity contribution in [1.29, 1.82) is 0 Å². The van der Waals surface area contributed by atoms with E-state index in [0.29, 0.717) is 17.0 Å². The zero-order valence-corrected chi connectivity index (χ0v) is 14.0. The van der Waals surface area contributed by atoms with Crippen LogP contribution in [0.1, 0.15) is 17.0 Å². The molecule has 0 saturated carbocycles. The topological polar surface area (TPSA) is 52.2 Å². The van der Waals surface area contributed by atoms with Crippen molar-refractivity contribution >= 4 is 17.8 Å². The van der Waals surface area contributed by atoms with Gasteiger partial charge in [-0.15, -0.1) is 0 Å². The zero-order valence-electron chi connectivity index (χ0n) is 14.0. The van der Waals surface area contributed by atoms with Crippen LogP contribution in [-0.2, 0) is 0 Å². The van der Waals surface area contributed by atoms with Crippen LogP contribution < -0.4 is 5.56 Å². The van der Waals surface area contributed by atoms with Crippen LogP contribution in [0.5, 0.6) is 0 Å². The van der Waals surface area contributed by atoms with Gasteiger partial charge in [0.15, 0.2) is 5.65 Å². The lowest BCUT2D eigenvalue weighted by Gasteiger charge is -2.08. The predicted molar refractivity (Wildman–Crippen MR) is 98.6 cm³/mol. The largest absolute Gasteiger partial charge is 0.273 e. The first-order valence-electron chi connectivity index (χ1n) is 8.08. The van der Waals surface area contributed by atoms with Crippen LogP contribution in [0.2, 0.25) is 0 Å². The van der Waals surface area contributed by atoms with E-state index in [9.17, 15) is 9.18 Å². The number of aromatic nitrogens is 4. The fraction of sp³-hybridized carbons (Fsp3) is 0.0500. The summed E-state index contributed by atoms with van der Waals surface area (Å²) in [7, 11) is 0. The third-order valence-electron chi connectivity index (χ3n) is 4.01. The highest BCUT2D eigenvalue weighted by Crippen LogP contribution is 2.15. The van der Waals surface area contributed by atoms with Gasteiger partial charge in [0, 0.05) is 30.2 Å². The quantitative estimate of drug-likeness (QED) is 0.570. The van der Waals surface area contributed by atoms with Gasteiger partial charge in [-0.1, -0.05) is 12.1 Å². The van der Waals surface area contributed by atoms with E-state index >= 15 is 0 Å². The third kappa shape index (κ3) is 2.93. The van der Waals surface area contributed by atoms with Crippen LogP contribution in [0, 0.1) is 12.7 Å². The molecule has 3 aromatic heterocycles. The summed E-state index contributed by atoms with van der Waals surface area (Å²) in [6.45, 7) is 1.88. The Balaban J connectivity index is 1.81. The van der Waals surface area contributed by atoms with E-state index in [-0.39, 0.29) is 11.4 Å². The monoisotopic (exact) mass is 346 g/mol. The second-order valence-electron chi connectivity index (χ2n) is 5.88. The van der Waals surface area contributed by atoms with E-state index < -0.39 is 0 Å². The van der Waals surface area contributed by atoms with Crippen LogP contribution in [0.15, 0.2) is 65.7 Å². The number of aryl methyl sites for hydroxylation is 1. The molecule has 0 aliphatic carbocycles. The standard InChI is InChI=1S/C20H15FN4O/c1-14-11-19-23-17(7-4-15-3-2-10-22-13-15)12-20(26)25(19)24(14)18-8-5-16(21)6-9-18/h2-13H,1H3. The Morgan fingerprint density at radius 3 is 2.62 bits per heavy atom. The van der Waals surface area contributed by atoms with E-state index in [1.165, 1.54) is 22.7 Å². The van der Waals surface area contributed by atoms with Gasteiger partial charge in [-0.2, -0.15) is 4.52 Å². The lowest BCUT2D eigenvalue weighted by atomic mass is 10.2. The summed E-state index contributed by atoms with van der Waals surface area (Å²) in [5, 5.41) is 0. The maximum absolute atomic E-state index is 13.2. The highest BCUT2D eigenvalue weighted by atomic mass is 19.1. The predicted octanol–water partition coefficient (Wildman–Crippen LogP) is 3.50. The Hall–Kier alpha value is -3.54. The average Bonchev–Trinajstić information content (AvgIpc) is 2.98. The second kappa shape index (κ2) is 6.40. The van der Waals surface area contributed by atoms with Gasteiger partial charge < -0.3 is 0 Å². The minimum absolute atomic E-state index is 0.210. The maximum Gasteiger partial charge on any atom is 0.273 e. The molecule has 128 valence electrons. The summed E-state index contributed by atoms with van der Waals surface area (Å²) in [5.74, 6) is -0.323. The lowest BCUT2D eigenvalue weighted by molar-refractivity contribution is 0.626. The van der Waals surface area contributed by atoms with Crippen molar-refractivity contribution in [1.82, 2.24) is 19.2 Å². The lowest BCUT2D eigenvalue weighted by Crippen LogP contribution is -2.20. The molecule has 3 heterocycles. The molecule has 26 heavy (non-hydrogen) atoms. The minimum atomic E-state index is -0.323. The van der Waals surface area contributed by atoms with Crippen molar-refractivity contribution in [3.63, 3.8) is 0 Å². The van der Waals surface area contributed by atoms with Gasteiger partial charge >= 0.3 is 0 Å². The van der Waals surface area contributed by atoms with Crippen LogP contribution in [0.3, 0.4) is 0 Å². The smallest absolute Gasteiger partial charge is 0.267 e. The van der Waals surface area contributed by atoms with E-state index in [0.717, 1.165) is 11.3 Å². The number of hydrogen-bond acceptors (Lipinski definition) is 3. The minimum Gasteiger partial charge on any atom is -0.267 e. The molecule has 0 bridgehead atoms. The molecular formula is C20H15FN4O. The van der Waals surface area contributed by atoms with E-state index in [4.69, 9.17) is 0 Å². The average molecular weight is 346 g/mol. The molecule has 0 N–H and O–H groups in total. The van der Waals surface area contributed by atoms with Crippen molar-refractivity contribution in [3.05, 3.63) is 94.0 Å². The van der Waals surface area contributed by atoms with Crippen LogP contribution >= 0.6 is 0 Å². The number of benzene rings is 1. The second-order valence-corrected chi connectivity index (χ2v) is 5.88. The van der Waals surface area contributed by atoms with Crippen molar-refractivity contribution < 1.29 is 4.39 Å². The first-order valence-corrected chi connectivity index (χ1v) is 8.08. The molecule has 0 saturated heterocycles. The van der Waals surface area contributed by atoms with Gasteiger partial charge in [0.2, 0.25) is 0 Å². The molecule has 1 aromatic carbocycles. The Kier molecular flexibility index (Phi) is 3.93. The summed E-state index contributed by atoms with van der Waals surface area (Å²) in [6.07, 6.45) is 7.07. The zero-order chi connectivity index (χ0) is 18.1. The molecule has 5 nitrogen and oxygen atoms in total. The van der Waals surface area contributed by atoms with Crippen LogP contribution in [-0.4, -0.2) is 19.2 Å². The van der Waals surface area contributed by atoms with E-state index in [1.807, 2.05) is 31.2 Å². The molecule has 0 fully saturated rings. The fourth-order valence-electron chi connectivity index (χ4n) is 2.86. The van der Waals surface area contributed by atoms with Gasteiger partial charge in [-0.05, 0) is 48.9 Å². The summed E-state index contributed by atoms with van der Waals surface area (Å²) >= 11 is 0.